The van der Waals surface area contributed by atoms with E-state index in [9.17, 15) is 0 Å². The zero-order chi connectivity index (χ0) is 16.4. The first-order valence-corrected chi connectivity index (χ1v) is 7.42. The largest absolute Gasteiger partial charge is 0.423 e. The molecule has 0 aliphatic carbocycles. The number of oxazole rings is 1. The number of nitrogens with one attached hydrogen (secondary N) is 2. The molecule has 0 unspecified atom stereocenters. The molecule has 0 radical (unpaired) electrons. The van der Waals surface area contributed by atoms with Gasteiger partial charge < -0.3 is 9.73 Å². The van der Waals surface area contributed by atoms with E-state index in [0.717, 1.165) is 16.8 Å². The summed E-state index contributed by atoms with van der Waals surface area (Å²) in [4.78, 5) is 4.27. The van der Waals surface area contributed by atoms with Crippen LogP contribution in [0.3, 0.4) is 0 Å². The lowest BCUT2D eigenvalue weighted by Gasteiger charge is -2.02. The summed E-state index contributed by atoms with van der Waals surface area (Å²) in [5, 5.41) is 17.1. The number of tetrazole rings is 1. The number of benzene rings is 2. The van der Waals surface area contributed by atoms with Crippen LogP contribution in [0.15, 0.2) is 59.1 Å². The fourth-order valence-electron chi connectivity index (χ4n) is 2.38. The quantitative estimate of drug-likeness (QED) is 0.597. The second-order valence-corrected chi connectivity index (χ2v) is 5.34. The predicted molar refractivity (Wildman–Crippen MR) is 89.6 cm³/mol. The van der Waals surface area contributed by atoms with Gasteiger partial charge in [0, 0.05) is 16.8 Å². The molecule has 0 amide bonds. The number of nitrogens with zero attached hydrogens (tertiary/aromatic N) is 4. The highest BCUT2D eigenvalue weighted by Crippen LogP contribution is 2.26. The number of aromatic nitrogens is 5. The van der Waals surface area contributed by atoms with Crippen LogP contribution in [0.5, 0.6) is 0 Å². The molecule has 2 aromatic carbocycles. The van der Waals surface area contributed by atoms with Crippen molar-refractivity contribution in [1.82, 2.24) is 25.6 Å². The van der Waals surface area contributed by atoms with E-state index < -0.39 is 0 Å². The molecule has 24 heavy (non-hydrogen) atoms. The lowest BCUT2D eigenvalue weighted by Crippen LogP contribution is -1.89. The van der Waals surface area contributed by atoms with Gasteiger partial charge in [0.05, 0.1) is 6.20 Å². The summed E-state index contributed by atoms with van der Waals surface area (Å²) in [6, 6.07) is 16.2. The van der Waals surface area contributed by atoms with Gasteiger partial charge in [0.1, 0.15) is 0 Å². The first-order chi connectivity index (χ1) is 11.8. The minimum atomic E-state index is 0.456. The van der Waals surface area contributed by atoms with Crippen LogP contribution >= 0.6 is 0 Å². The van der Waals surface area contributed by atoms with Crippen LogP contribution in [-0.4, -0.2) is 25.6 Å². The SMILES string of the molecule is Cc1cccc(Nc2ncc(-c3ccc(-c4nn[nH]n4)cc3)o2)c1. The van der Waals surface area contributed by atoms with Gasteiger partial charge in [0.25, 0.3) is 6.01 Å². The molecule has 0 aliphatic heterocycles. The maximum atomic E-state index is 5.77. The minimum Gasteiger partial charge on any atom is -0.423 e. The minimum absolute atomic E-state index is 0.456. The van der Waals surface area contributed by atoms with Crippen molar-refractivity contribution < 1.29 is 4.42 Å². The van der Waals surface area contributed by atoms with Gasteiger partial charge in [-0.05, 0) is 29.8 Å². The monoisotopic (exact) mass is 318 g/mol. The summed E-state index contributed by atoms with van der Waals surface area (Å²) < 4.78 is 5.77. The van der Waals surface area contributed by atoms with Gasteiger partial charge in [-0.3, -0.25) is 0 Å². The Morgan fingerprint density at radius 3 is 2.62 bits per heavy atom. The molecule has 7 nitrogen and oxygen atoms in total. The van der Waals surface area contributed by atoms with E-state index in [4.69, 9.17) is 4.42 Å². The number of hydrogen-bond donors (Lipinski definition) is 2. The van der Waals surface area contributed by atoms with E-state index in [2.05, 4.69) is 30.9 Å². The van der Waals surface area contributed by atoms with Gasteiger partial charge in [-0.1, -0.05) is 36.4 Å². The normalized spacial score (nSPS) is 10.7. The molecule has 7 heteroatoms. The standard InChI is InChI=1S/C17H14N6O/c1-11-3-2-4-14(9-11)19-17-18-10-15(24-17)12-5-7-13(8-6-12)16-20-22-23-21-16/h2-10H,1H3,(H,18,19)(H,20,21,22,23). The van der Waals surface area contributed by atoms with E-state index >= 15 is 0 Å². The Hall–Kier alpha value is -3.48. The number of rotatable bonds is 4. The maximum absolute atomic E-state index is 5.77. The van der Waals surface area contributed by atoms with Gasteiger partial charge in [-0.25, -0.2) is 4.98 Å². The molecule has 0 saturated carbocycles. The number of aryl methyl sites for hydroxylation is 1. The molecular formula is C17H14N6O. The van der Waals surface area contributed by atoms with Crippen molar-refractivity contribution >= 4 is 11.7 Å². The zero-order valence-corrected chi connectivity index (χ0v) is 12.9. The van der Waals surface area contributed by atoms with Crippen molar-refractivity contribution in [3.63, 3.8) is 0 Å². The zero-order valence-electron chi connectivity index (χ0n) is 12.9. The van der Waals surface area contributed by atoms with Crippen LogP contribution in [0.2, 0.25) is 0 Å². The van der Waals surface area contributed by atoms with Crippen LogP contribution < -0.4 is 5.32 Å². The molecule has 4 aromatic rings. The number of anilines is 2. The lowest BCUT2D eigenvalue weighted by atomic mass is 10.1. The Bertz CT molecular complexity index is 943. The Morgan fingerprint density at radius 1 is 1.04 bits per heavy atom. The second kappa shape index (κ2) is 5.96. The predicted octanol–water partition coefficient (Wildman–Crippen LogP) is 3.57. The van der Waals surface area contributed by atoms with Crippen LogP contribution in [-0.2, 0) is 0 Å². The average molecular weight is 318 g/mol. The number of H-pyrrole nitrogens is 1. The fraction of sp³-hybridized carbons (Fsp3) is 0.0588. The van der Waals surface area contributed by atoms with Crippen molar-refractivity contribution in [1.29, 1.82) is 0 Å². The van der Waals surface area contributed by atoms with E-state index in [1.165, 1.54) is 5.56 Å². The maximum Gasteiger partial charge on any atom is 0.299 e. The van der Waals surface area contributed by atoms with Gasteiger partial charge in [0.15, 0.2) is 5.76 Å². The van der Waals surface area contributed by atoms with E-state index in [1.807, 2.05) is 55.5 Å². The van der Waals surface area contributed by atoms with Crippen LogP contribution in [0.25, 0.3) is 22.7 Å². The van der Waals surface area contributed by atoms with Crippen LogP contribution in [0.1, 0.15) is 5.56 Å². The van der Waals surface area contributed by atoms with Crippen molar-refractivity contribution in [3.8, 4) is 22.7 Å². The van der Waals surface area contributed by atoms with E-state index in [0.29, 0.717) is 17.6 Å². The average Bonchev–Trinajstić information content (AvgIpc) is 3.27. The summed E-state index contributed by atoms with van der Waals surface area (Å²) in [7, 11) is 0. The Balaban J connectivity index is 1.54. The molecule has 2 aromatic heterocycles. The Kier molecular flexibility index (Phi) is 3.51. The van der Waals surface area contributed by atoms with Crippen molar-refractivity contribution in [3.05, 3.63) is 60.3 Å². The fourth-order valence-corrected chi connectivity index (χ4v) is 2.38. The van der Waals surface area contributed by atoms with Crippen LogP contribution in [0, 0.1) is 6.92 Å². The molecule has 0 fully saturated rings. The lowest BCUT2D eigenvalue weighted by molar-refractivity contribution is 0.592. The molecule has 2 N–H and O–H groups in total. The highest BCUT2D eigenvalue weighted by atomic mass is 16.4. The smallest absolute Gasteiger partial charge is 0.299 e. The third kappa shape index (κ3) is 2.87. The first-order valence-electron chi connectivity index (χ1n) is 7.42. The Morgan fingerprint density at radius 2 is 1.88 bits per heavy atom. The molecule has 0 aliphatic rings. The molecule has 0 saturated heterocycles. The summed E-state index contributed by atoms with van der Waals surface area (Å²) in [6.45, 7) is 2.04. The number of hydrogen-bond acceptors (Lipinski definition) is 6. The third-order valence-corrected chi connectivity index (χ3v) is 3.55. The second-order valence-electron chi connectivity index (χ2n) is 5.34. The number of aromatic amines is 1. The molecular weight excluding hydrogens is 304 g/mol. The topological polar surface area (TPSA) is 92.5 Å². The summed E-state index contributed by atoms with van der Waals surface area (Å²) in [6.07, 6.45) is 1.70. The highest BCUT2D eigenvalue weighted by Gasteiger charge is 2.08. The molecule has 4 rings (SSSR count). The first kappa shape index (κ1) is 14.1. The van der Waals surface area contributed by atoms with Crippen molar-refractivity contribution in [2.45, 2.75) is 6.92 Å². The molecule has 0 atom stereocenters. The summed E-state index contributed by atoms with van der Waals surface area (Å²) in [5.41, 5.74) is 3.91. The van der Waals surface area contributed by atoms with Gasteiger partial charge in [-0.15, -0.1) is 10.2 Å². The third-order valence-electron chi connectivity index (χ3n) is 3.55. The van der Waals surface area contributed by atoms with Gasteiger partial charge >= 0.3 is 0 Å². The molecule has 118 valence electrons. The summed E-state index contributed by atoms with van der Waals surface area (Å²) >= 11 is 0. The summed E-state index contributed by atoms with van der Waals surface area (Å²) in [5.74, 6) is 1.24. The van der Waals surface area contributed by atoms with Crippen molar-refractivity contribution in [2.75, 3.05) is 5.32 Å². The molecule has 2 heterocycles. The van der Waals surface area contributed by atoms with Crippen molar-refractivity contribution in [2.24, 2.45) is 0 Å². The van der Waals surface area contributed by atoms with Crippen LogP contribution in [0.4, 0.5) is 11.7 Å². The van der Waals surface area contributed by atoms with E-state index in [1.54, 1.807) is 6.20 Å². The van der Waals surface area contributed by atoms with Gasteiger partial charge in [0.2, 0.25) is 5.82 Å². The van der Waals surface area contributed by atoms with Gasteiger partial charge in [-0.2, -0.15) is 5.21 Å². The molecule has 0 bridgehead atoms. The van der Waals surface area contributed by atoms with E-state index in [-0.39, 0.29) is 0 Å². The Labute approximate surface area is 137 Å². The molecule has 0 spiro atoms. The highest BCUT2D eigenvalue weighted by molar-refractivity contribution is 5.64.